The Hall–Kier alpha value is -0.0800. The van der Waals surface area contributed by atoms with Crippen molar-refractivity contribution < 1.29 is 4.39 Å². The van der Waals surface area contributed by atoms with Crippen LogP contribution in [0.1, 0.15) is 45.6 Å². The van der Waals surface area contributed by atoms with Gasteiger partial charge in [0.2, 0.25) is 0 Å². The molecule has 0 heterocycles. The molecule has 0 aliphatic heterocycles. The second kappa shape index (κ2) is 6.36. The summed E-state index contributed by atoms with van der Waals surface area (Å²) in [5.74, 6) is 1.06. The van der Waals surface area contributed by atoms with E-state index in [0.29, 0.717) is 11.8 Å². The van der Waals surface area contributed by atoms with E-state index in [2.05, 4.69) is 36.7 Å². The lowest BCUT2D eigenvalue weighted by molar-refractivity contribution is 0.141. The molecule has 0 aromatic heterocycles. The molecule has 1 aromatic carbocycles. The molecule has 0 saturated heterocycles. The Bertz CT molecular complexity index is 472. The van der Waals surface area contributed by atoms with Gasteiger partial charge in [-0.1, -0.05) is 43.1 Å². The summed E-state index contributed by atoms with van der Waals surface area (Å²) in [5, 5.41) is 0.212. The Morgan fingerprint density at radius 2 is 2.05 bits per heavy atom. The standard InChI is InChI=1S/C17H23BrClF/c1-11-4-6-14(15(19)8-11)17(2,3)10-12-9-13(18)5-7-16(12)20/h5,7,9,11,14-15H,4,6,8,10H2,1-3H3. The van der Waals surface area contributed by atoms with E-state index >= 15 is 0 Å². The molecule has 3 heteroatoms. The van der Waals surface area contributed by atoms with Gasteiger partial charge in [0, 0.05) is 9.85 Å². The minimum atomic E-state index is -0.114. The van der Waals surface area contributed by atoms with E-state index in [9.17, 15) is 4.39 Å². The molecule has 0 radical (unpaired) electrons. The third kappa shape index (κ3) is 3.76. The van der Waals surface area contributed by atoms with Gasteiger partial charge < -0.3 is 0 Å². The van der Waals surface area contributed by atoms with Crippen LogP contribution in [-0.2, 0) is 6.42 Å². The van der Waals surface area contributed by atoms with Crippen LogP contribution in [0.2, 0.25) is 0 Å². The van der Waals surface area contributed by atoms with Crippen LogP contribution in [0.25, 0.3) is 0 Å². The lowest BCUT2D eigenvalue weighted by atomic mass is 9.66. The van der Waals surface area contributed by atoms with Gasteiger partial charge in [-0.2, -0.15) is 0 Å². The molecular weight excluding hydrogens is 339 g/mol. The first-order valence-corrected chi connectivity index (χ1v) is 8.60. The molecule has 1 aromatic rings. The number of rotatable bonds is 3. The van der Waals surface area contributed by atoms with Crippen molar-refractivity contribution in [1.29, 1.82) is 0 Å². The smallest absolute Gasteiger partial charge is 0.126 e. The molecule has 2 rings (SSSR count). The van der Waals surface area contributed by atoms with Crippen molar-refractivity contribution in [2.45, 2.75) is 51.8 Å². The van der Waals surface area contributed by atoms with Crippen LogP contribution in [0, 0.1) is 23.1 Å². The molecule has 20 heavy (non-hydrogen) atoms. The zero-order valence-electron chi connectivity index (χ0n) is 12.4. The number of halogens is 3. The first-order valence-electron chi connectivity index (χ1n) is 7.37. The van der Waals surface area contributed by atoms with Crippen molar-refractivity contribution in [2.24, 2.45) is 17.3 Å². The molecule has 1 aliphatic carbocycles. The van der Waals surface area contributed by atoms with Crippen LogP contribution < -0.4 is 0 Å². The summed E-state index contributed by atoms with van der Waals surface area (Å²) < 4.78 is 14.9. The maximum Gasteiger partial charge on any atom is 0.126 e. The highest BCUT2D eigenvalue weighted by atomic mass is 79.9. The highest BCUT2D eigenvalue weighted by Gasteiger charge is 2.38. The van der Waals surface area contributed by atoms with Gasteiger partial charge >= 0.3 is 0 Å². The fourth-order valence-electron chi connectivity index (χ4n) is 3.49. The van der Waals surface area contributed by atoms with E-state index < -0.39 is 0 Å². The van der Waals surface area contributed by atoms with E-state index in [1.165, 1.54) is 12.5 Å². The summed E-state index contributed by atoms with van der Waals surface area (Å²) in [6.07, 6.45) is 4.20. The van der Waals surface area contributed by atoms with Gasteiger partial charge in [0.15, 0.2) is 0 Å². The average molecular weight is 362 g/mol. The van der Waals surface area contributed by atoms with E-state index in [1.807, 2.05) is 6.07 Å². The average Bonchev–Trinajstić information content (AvgIpc) is 2.33. The second-order valence-electron chi connectivity index (χ2n) is 6.94. The highest BCUT2D eigenvalue weighted by Crippen LogP contribution is 2.44. The molecule has 1 fully saturated rings. The highest BCUT2D eigenvalue weighted by molar-refractivity contribution is 9.10. The zero-order chi connectivity index (χ0) is 14.9. The maximum absolute atomic E-state index is 14.0. The Morgan fingerprint density at radius 1 is 1.35 bits per heavy atom. The van der Waals surface area contributed by atoms with Gasteiger partial charge in [-0.15, -0.1) is 11.6 Å². The van der Waals surface area contributed by atoms with Crippen molar-refractivity contribution >= 4 is 27.5 Å². The topological polar surface area (TPSA) is 0 Å². The molecule has 1 saturated carbocycles. The molecule has 112 valence electrons. The van der Waals surface area contributed by atoms with Gasteiger partial charge in [0.25, 0.3) is 0 Å². The molecule has 0 amide bonds. The number of hydrogen-bond acceptors (Lipinski definition) is 0. The zero-order valence-corrected chi connectivity index (χ0v) is 14.8. The van der Waals surface area contributed by atoms with Gasteiger partial charge in [0.1, 0.15) is 5.82 Å². The lowest BCUT2D eigenvalue weighted by Crippen LogP contribution is -2.37. The first-order chi connectivity index (χ1) is 9.29. The Labute approximate surface area is 135 Å². The Morgan fingerprint density at radius 3 is 2.70 bits per heavy atom. The Kier molecular flexibility index (Phi) is 5.18. The summed E-state index contributed by atoms with van der Waals surface area (Å²) in [6.45, 7) is 6.72. The van der Waals surface area contributed by atoms with Crippen molar-refractivity contribution in [3.63, 3.8) is 0 Å². The maximum atomic E-state index is 14.0. The van der Waals surface area contributed by atoms with Crippen LogP contribution in [0.4, 0.5) is 4.39 Å². The molecule has 3 unspecified atom stereocenters. The monoisotopic (exact) mass is 360 g/mol. The number of hydrogen-bond donors (Lipinski definition) is 0. The van der Waals surface area contributed by atoms with Crippen LogP contribution in [0.5, 0.6) is 0 Å². The summed E-state index contributed by atoms with van der Waals surface area (Å²) in [5.41, 5.74) is 0.806. The predicted molar refractivity (Wildman–Crippen MR) is 87.7 cm³/mol. The van der Waals surface area contributed by atoms with Crippen LogP contribution >= 0.6 is 27.5 Å². The molecule has 0 spiro atoms. The van der Waals surface area contributed by atoms with Crippen LogP contribution in [-0.4, -0.2) is 5.38 Å². The molecular formula is C17H23BrClF. The van der Waals surface area contributed by atoms with Gasteiger partial charge in [-0.3, -0.25) is 0 Å². The van der Waals surface area contributed by atoms with E-state index in [1.54, 1.807) is 6.07 Å². The Balaban J connectivity index is 2.16. The third-order valence-electron chi connectivity index (χ3n) is 4.69. The van der Waals surface area contributed by atoms with Crippen molar-refractivity contribution in [2.75, 3.05) is 0 Å². The number of benzene rings is 1. The van der Waals surface area contributed by atoms with Crippen LogP contribution in [0.15, 0.2) is 22.7 Å². The fourth-order valence-corrected chi connectivity index (χ4v) is 4.67. The summed E-state index contributed by atoms with van der Waals surface area (Å²) in [4.78, 5) is 0. The van der Waals surface area contributed by atoms with Gasteiger partial charge in [-0.05, 0) is 60.3 Å². The molecule has 3 atom stereocenters. The SMILES string of the molecule is CC1CCC(C(C)(C)Cc2cc(Br)ccc2F)C(Cl)C1. The third-order valence-corrected chi connectivity index (χ3v) is 5.67. The first kappa shape index (κ1) is 16.3. The lowest BCUT2D eigenvalue weighted by Gasteiger charge is -2.42. The van der Waals surface area contributed by atoms with E-state index in [4.69, 9.17) is 11.6 Å². The molecule has 0 nitrogen and oxygen atoms in total. The normalized spacial score (nSPS) is 27.6. The van der Waals surface area contributed by atoms with Crippen molar-refractivity contribution in [3.8, 4) is 0 Å². The number of alkyl halides is 1. The fraction of sp³-hybridized carbons (Fsp3) is 0.647. The van der Waals surface area contributed by atoms with E-state index in [-0.39, 0.29) is 16.6 Å². The van der Waals surface area contributed by atoms with Gasteiger partial charge in [-0.25, -0.2) is 4.39 Å². The quantitative estimate of drug-likeness (QED) is 0.562. The van der Waals surface area contributed by atoms with Gasteiger partial charge in [0.05, 0.1) is 0 Å². The molecule has 0 N–H and O–H groups in total. The largest absolute Gasteiger partial charge is 0.207 e. The van der Waals surface area contributed by atoms with E-state index in [0.717, 1.165) is 29.3 Å². The minimum absolute atomic E-state index is 0.0220. The summed E-state index contributed by atoms with van der Waals surface area (Å²) >= 11 is 10.0. The predicted octanol–water partition coefficient (Wildman–Crippen LogP) is 6.20. The molecule has 0 bridgehead atoms. The van der Waals surface area contributed by atoms with Crippen LogP contribution in [0.3, 0.4) is 0 Å². The summed E-state index contributed by atoms with van der Waals surface area (Å²) in [6, 6.07) is 5.18. The summed E-state index contributed by atoms with van der Waals surface area (Å²) in [7, 11) is 0. The van der Waals surface area contributed by atoms with Crippen molar-refractivity contribution in [3.05, 3.63) is 34.1 Å². The van der Waals surface area contributed by atoms with Crippen molar-refractivity contribution in [1.82, 2.24) is 0 Å². The minimum Gasteiger partial charge on any atom is -0.207 e. The molecule has 1 aliphatic rings. The second-order valence-corrected chi connectivity index (χ2v) is 8.42.